The van der Waals surface area contributed by atoms with Crippen LogP contribution >= 0.6 is 0 Å². The van der Waals surface area contributed by atoms with Crippen molar-refractivity contribution in [1.82, 2.24) is 9.80 Å². The van der Waals surface area contributed by atoms with Gasteiger partial charge >= 0.3 is 5.97 Å². The molecule has 5 heteroatoms. The smallest absolute Gasteiger partial charge is 0.332 e. The summed E-state index contributed by atoms with van der Waals surface area (Å²) in [7, 11) is 0. The number of carboxylic acids is 1. The highest BCUT2D eigenvalue weighted by Gasteiger charge is 2.29. The Morgan fingerprint density at radius 3 is 2.89 bits per heavy atom. The summed E-state index contributed by atoms with van der Waals surface area (Å²) in [4.78, 5) is 16.1. The van der Waals surface area contributed by atoms with Crippen LogP contribution in [0.4, 0.5) is 0 Å². The van der Waals surface area contributed by atoms with Crippen LogP contribution < -0.4 is 0 Å². The predicted molar refractivity (Wildman–Crippen MR) is 73.3 cm³/mol. The molecule has 0 aromatic heterocycles. The van der Waals surface area contributed by atoms with Crippen molar-refractivity contribution in [2.75, 3.05) is 39.3 Å². The summed E-state index contributed by atoms with van der Waals surface area (Å²) in [5, 5.41) is 9.09. The zero-order valence-electron chi connectivity index (χ0n) is 11.9. The van der Waals surface area contributed by atoms with Crippen LogP contribution in [0.2, 0.25) is 0 Å². The van der Waals surface area contributed by atoms with Crippen molar-refractivity contribution >= 4 is 5.97 Å². The second-order valence-corrected chi connectivity index (χ2v) is 5.56. The lowest BCUT2D eigenvalue weighted by Gasteiger charge is -2.26. The number of rotatable bonds is 6. The van der Waals surface area contributed by atoms with Gasteiger partial charge in [0.2, 0.25) is 0 Å². The van der Waals surface area contributed by atoms with E-state index in [0.29, 0.717) is 19.1 Å². The Balaban J connectivity index is 1.79. The van der Waals surface area contributed by atoms with E-state index in [4.69, 9.17) is 9.84 Å². The normalized spacial score (nSPS) is 26.9. The van der Waals surface area contributed by atoms with Crippen LogP contribution in [0.5, 0.6) is 0 Å². The van der Waals surface area contributed by atoms with E-state index >= 15 is 0 Å². The Morgan fingerprint density at radius 2 is 2.16 bits per heavy atom. The van der Waals surface area contributed by atoms with E-state index in [1.807, 2.05) is 6.92 Å². The van der Waals surface area contributed by atoms with Gasteiger partial charge in [-0.15, -0.1) is 0 Å². The van der Waals surface area contributed by atoms with Crippen LogP contribution in [-0.2, 0) is 9.53 Å². The highest BCUT2D eigenvalue weighted by atomic mass is 16.5. The van der Waals surface area contributed by atoms with Gasteiger partial charge in [0, 0.05) is 25.7 Å². The van der Waals surface area contributed by atoms with Gasteiger partial charge in [-0.2, -0.15) is 0 Å². The van der Waals surface area contributed by atoms with E-state index in [9.17, 15) is 4.79 Å². The SMILES string of the molecule is CCOC(CCN1CCCN2CCCC2C1)C(=O)O. The molecule has 2 heterocycles. The summed E-state index contributed by atoms with van der Waals surface area (Å²) in [5.41, 5.74) is 0. The summed E-state index contributed by atoms with van der Waals surface area (Å²) in [6.45, 7) is 7.78. The monoisotopic (exact) mass is 270 g/mol. The Morgan fingerprint density at radius 1 is 1.37 bits per heavy atom. The molecular formula is C14H26N2O3. The maximum absolute atomic E-state index is 11.1. The van der Waals surface area contributed by atoms with Gasteiger partial charge in [-0.05, 0) is 52.2 Å². The topological polar surface area (TPSA) is 53.0 Å². The lowest BCUT2D eigenvalue weighted by atomic mass is 10.2. The largest absolute Gasteiger partial charge is 0.479 e. The first-order valence-corrected chi connectivity index (χ1v) is 7.51. The Hall–Kier alpha value is -0.650. The highest BCUT2D eigenvalue weighted by molar-refractivity contribution is 5.72. The number of hydrogen-bond donors (Lipinski definition) is 1. The third kappa shape index (κ3) is 4.16. The van der Waals surface area contributed by atoms with Crippen molar-refractivity contribution in [2.24, 2.45) is 0 Å². The third-order valence-corrected chi connectivity index (χ3v) is 4.24. The molecule has 0 bridgehead atoms. The van der Waals surface area contributed by atoms with Crippen molar-refractivity contribution in [3.63, 3.8) is 0 Å². The van der Waals surface area contributed by atoms with Gasteiger partial charge in [0.25, 0.3) is 0 Å². The number of carboxylic acid groups (broad SMARTS) is 1. The molecule has 0 saturated carbocycles. The van der Waals surface area contributed by atoms with E-state index in [1.165, 1.54) is 32.4 Å². The average molecular weight is 270 g/mol. The Bertz CT molecular complexity index is 298. The summed E-state index contributed by atoms with van der Waals surface area (Å²) in [6, 6.07) is 0.692. The minimum atomic E-state index is -0.834. The molecule has 19 heavy (non-hydrogen) atoms. The maximum atomic E-state index is 11.1. The molecule has 2 atom stereocenters. The van der Waals surface area contributed by atoms with Gasteiger partial charge in [-0.3, -0.25) is 4.90 Å². The fraction of sp³-hybridized carbons (Fsp3) is 0.929. The number of carbonyl (C=O) groups is 1. The minimum absolute atomic E-state index is 0.466. The molecule has 2 aliphatic rings. The number of aliphatic carboxylic acids is 1. The third-order valence-electron chi connectivity index (χ3n) is 4.24. The van der Waals surface area contributed by atoms with Crippen LogP contribution in [0, 0.1) is 0 Å². The molecule has 110 valence electrons. The Kier molecular flexibility index (Phi) is 5.60. The molecule has 0 radical (unpaired) electrons. The predicted octanol–water partition coefficient (Wildman–Crippen LogP) is 1.04. The lowest BCUT2D eigenvalue weighted by molar-refractivity contribution is -0.150. The first-order valence-electron chi connectivity index (χ1n) is 7.51. The summed E-state index contributed by atoms with van der Waals surface area (Å²) in [6.07, 6.45) is 3.76. The van der Waals surface area contributed by atoms with Crippen molar-refractivity contribution < 1.29 is 14.6 Å². The molecule has 2 unspecified atom stereocenters. The van der Waals surface area contributed by atoms with Crippen molar-refractivity contribution in [3.05, 3.63) is 0 Å². The minimum Gasteiger partial charge on any atom is -0.479 e. The van der Waals surface area contributed by atoms with E-state index < -0.39 is 12.1 Å². The van der Waals surface area contributed by atoms with E-state index in [2.05, 4.69) is 9.80 Å². The quantitative estimate of drug-likeness (QED) is 0.781. The fourth-order valence-electron chi connectivity index (χ4n) is 3.27. The number of ether oxygens (including phenoxy) is 1. The van der Waals surface area contributed by atoms with Gasteiger partial charge in [0.05, 0.1) is 0 Å². The van der Waals surface area contributed by atoms with E-state index in [1.54, 1.807) is 0 Å². The lowest BCUT2D eigenvalue weighted by Crippen LogP contribution is -2.38. The fourth-order valence-corrected chi connectivity index (χ4v) is 3.27. The second-order valence-electron chi connectivity index (χ2n) is 5.56. The van der Waals surface area contributed by atoms with E-state index in [-0.39, 0.29) is 0 Å². The zero-order valence-corrected chi connectivity index (χ0v) is 11.9. The first-order chi connectivity index (χ1) is 9.20. The van der Waals surface area contributed by atoms with Crippen LogP contribution in [0.25, 0.3) is 0 Å². The van der Waals surface area contributed by atoms with Gasteiger partial charge in [-0.25, -0.2) is 4.79 Å². The van der Waals surface area contributed by atoms with Crippen LogP contribution in [-0.4, -0.2) is 72.4 Å². The molecule has 2 saturated heterocycles. The van der Waals surface area contributed by atoms with Crippen LogP contribution in [0.1, 0.15) is 32.6 Å². The summed E-state index contributed by atoms with van der Waals surface area (Å²) in [5.74, 6) is -0.834. The molecule has 0 aliphatic carbocycles. The molecule has 2 fully saturated rings. The number of fused-ring (bicyclic) bond motifs is 1. The van der Waals surface area contributed by atoms with Crippen LogP contribution in [0.15, 0.2) is 0 Å². The van der Waals surface area contributed by atoms with Gasteiger partial charge in [0.1, 0.15) is 0 Å². The maximum Gasteiger partial charge on any atom is 0.332 e. The van der Waals surface area contributed by atoms with Crippen molar-refractivity contribution in [3.8, 4) is 0 Å². The van der Waals surface area contributed by atoms with Crippen LogP contribution in [0.3, 0.4) is 0 Å². The number of hydrogen-bond acceptors (Lipinski definition) is 4. The van der Waals surface area contributed by atoms with Crippen molar-refractivity contribution in [2.45, 2.75) is 44.8 Å². The molecule has 5 nitrogen and oxygen atoms in total. The van der Waals surface area contributed by atoms with Crippen molar-refractivity contribution in [1.29, 1.82) is 0 Å². The molecular weight excluding hydrogens is 244 g/mol. The molecule has 0 aromatic rings. The van der Waals surface area contributed by atoms with Gasteiger partial charge < -0.3 is 14.7 Å². The molecule has 1 N–H and O–H groups in total. The zero-order chi connectivity index (χ0) is 13.7. The molecule has 0 aromatic carbocycles. The first kappa shape index (κ1) is 14.8. The highest BCUT2D eigenvalue weighted by Crippen LogP contribution is 2.21. The van der Waals surface area contributed by atoms with Gasteiger partial charge in [-0.1, -0.05) is 0 Å². The standard InChI is InChI=1S/C14H26N2O3/c1-2-19-13(14(17)18)6-10-15-7-4-9-16-8-3-5-12(16)11-15/h12-13H,2-11H2,1H3,(H,17,18). The molecule has 2 aliphatic heterocycles. The average Bonchev–Trinajstić information content (AvgIpc) is 2.72. The van der Waals surface area contributed by atoms with E-state index in [0.717, 1.165) is 19.6 Å². The Labute approximate surface area is 115 Å². The molecule has 0 spiro atoms. The number of nitrogens with zero attached hydrogens (tertiary/aromatic N) is 2. The van der Waals surface area contributed by atoms with Gasteiger partial charge in [0.15, 0.2) is 6.10 Å². The second kappa shape index (κ2) is 7.22. The molecule has 2 rings (SSSR count). The summed E-state index contributed by atoms with van der Waals surface area (Å²) >= 11 is 0. The molecule has 0 amide bonds. The summed E-state index contributed by atoms with van der Waals surface area (Å²) < 4.78 is 5.28.